The molecular weight excluding hydrogens is 254 g/mol. The Labute approximate surface area is 119 Å². The second-order valence-corrected chi connectivity index (χ2v) is 5.82. The van der Waals surface area contributed by atoms with Crippen LogP contribution in [0.15, 0.2) is 30.3 Å². The van der Waals surface area contributed by atoms with Crippen LogP contribution < -0.4 is 16.4 Å². The van der Waals surface area contributed by atoms with E-state index >= 15 is 0 Å². The average molecular weight is 277 g/mol. The number of nitrogens with two attached hydrogens (primary N) is 1. The predicted octanol–water partition coefficient (Wildman–Crippen LogP) is 0.792. The summed E-state index contributed by atoms with van der Waals surface area (Å²) >= 11 is 0. The van der Waals surface area contributed by atoms with Crippen LogP contribution in [0.5, 0.6) is 0 Å². The lowest BCUT2D eigenvalue weighted by Gasteiger charge is -2.25. The van der Waals surface area contributed by atoms with Gasteiger partial charge in [0.1, 0.15) is 0 Å². The van der Waals surface area contributed by atoms with Crippen LogP contribution in [0.2, 0.25) is 0 Å². The zero-order chi connectivity index (χ0) is 15.2. The zero-order valence-corrected chi connectivity index (χ0v) is 12.3. The summed E-state index contributed by atoms with van der Waals surface area (Å²) in [5, 5.41) is 5.29. The number of amides is 2. The summed E-state index contributed by atoms with van der Waals surface area (Å²) < 4.78 is 0. The lowest BCUT2D eigenvalue weighted by molar-refractivity contribution is -0.128. The lowest BCUT2D eigenvalue weighted by Crippen LogP contribution is -2.50. The Morgan fingerprint density at radius 3 is 2.30 bits per heavy atom. The molecule has 5 nitrogen and oxygen atoms in total. The Hall–Kier alpha value is -1.88. The number of nitrogens with one attached hydrogen (secondary N) is 2. The Morgan fingerprint density at radius 1 is 1.15 bits per heavy atom. The first-order chi connectivity index (χ1) is 9.30. The summed E-state index contributed by atoms with van der Waals surface area (Å²) in [6.07, 6.45) is 0. The van der Waals surface area contributed by atoms with E-state index in [1.54, 1.807) is 0 Å². The fourth-order valence-corrected chi connectivity index (χ4v) is 1.53. The van der Waals surface area contributed by atoms with Crippen LogP contribution >= 0.6 is 0 Å². The Kier molecular flexibility index (Phi) is 5.70. The van der Waals surface area contributed by atoms with E-state index in [0.29, 0.717) is 6.54 Å². The Balaban J connectivity index is 2.32. The maximum absolute atomic E-state index is 11.8. The van der Waals surface area contributed by atoms with E-state index in [9.17, 15) is 9.59 Å². The van der Waals surface area contributed by atoms with Crippen LogP contribution in [0.25, 0.3) is 0 Å². The van der Waals surface area contributed by atoms with E-state index < -0.39 is 6.04 Å². The SMILES string of the molecule is CC(C)(C)C(N)C(=O)NCC(=O)NCc1ccccc1. The van der Waals surface area contributed by atoms with Crippen LogP contribution in [-0.4, -0.2) is 24.4 Å². The number of hydrogen-bond donors (Lipinski definition) is 3. The van der Waals surface area contributed by atoms with Crippen molar-refractivity contribution in [1.82, 2.24) is 10.6 Å². The van der Waals surface area contributed by atoms with Crippen molar-refractivity contribution >= 4 is 11.8 Å². The van der Waals surface area contributed by atoms with E-state index in [2.05, 4.69) is 10.6 Å². The maximum atomic E-state index is 11.8. The molecular formula is C15H23N3O2. The molecule has 0 aromatic heterocycles. The fourth-order valence-electron chi connectivity index (χ4n) is 1.53. The van der Waals surface area contributed by atoms with Crippen LogP contribution in [0.1, 0.15) is 26.3 Å². The van der Waals surface area contributed by atoms with Gasteiger partial charge in [-0.2, -0.15) is 0 Å². The molecule has 0 radical (unpaired) electrons. The molecule has 20 heavy (non-hydrogen) atoms. The Bertz CT molecular complexity index is 452. The third kappa shape index (κ3) is 5.40. The van der Waals surface area contributed by atoms with E-state index in [1.807, 2.05) is 51.1 Å². The van der Waals surface area contributed by atoms with Crippen molar-refractivity contribution in [3.8, 4) is 0 Å². The largest absolute Gasteiger partial charge is 0.350 e. The summed E-state index contributed by atoms with van der Waals surface area (Å²) in [6.45, 7) is 6.03. The van der Waals surface area contributed by atoms with Crippen molar-refractivity contribution in [3.63, 3.8) is 0 Å². The molecule has 0 saturated carbocycles. The molecule has 4 N–H and O–H groups in total. The molecule has 0 aliphatic carbocycles. The summed E-state index contributed by atoms with van der Waals surface area (Å²) in [5.41, 5.74) is 6.49. The third-order valence-corrected chi connectivity index (χ3v) is 2.97. The van der Waals surface area contributed by atoms with Gasteiger partial charge in [-0.1, -0.05) is 51.1 Å². The molecule has 0 bridgehead atoms. The number of carbonyl (C=O) groups is 2. The molecule has 0 spiro atoms. The van der Waals surface area contributed by atoms with Gasteiger partial charge < -0.3 is 16.4 Å². The molecule has 1 atom stereocenters. The molecule has 5 heteroatoms. The number of carbonyl (C=O) groups excluding carboxylic acids is 2. The molecule has 110 valence electrons. The van der Waals surface area contributed by atoms with Gasteiger partial charge in [0.05, 0.1) is 12.6 Å². The van der Waals surface area contributed by atoms with E-state index in [4.69, 9.17) is 5.73 Å². The van der Waals surface area contributed by atoms with Gasteiger partial charge >= 0.3 is 0 Å². The minimum atomic E-state index is -0.635. The summed E-state index contributed by atoms with van der Waals surface area (Å²) in [5.74, 6) is -0.546. The van der Waals surface area contributed by atoms with Crippen LogP contribution in [-0.2, 0) is 16.1 Å². The summed E-state index contributed by atoms with van der Waals surface area (Å²) in [6, 6.07) is 8.95. The molecule has 1 aromatic carbocycles. The van der Waals surface area contributed by atoms with Gasteiger partial charge in [0.2, 0.25) is 11.8 Å². The van der Waals surface area contributed by atoms with Gasteiger partial charge in [0.25, 0.3) is 0 Å². The van der Waals surface area contributed by atoms with Crippen LogP contribution in [0.4, 0.5) is 0 Å². The number of benzene rings is 1. The van der Waals surface area contributed by atoms with Crippen molar-refractivity contribution in [2.45, 2.75) is 33.4 Å². The number of hydrogen-bond acceptors (Lipinski definition) is 3. The predicted molar refractivity (Wildman–Crippen MR) is 78.7 cm³/mol. The van der Waals surface area contributed by atoms with Gasteiger partial charge in [-0.05, 0) is 11.0 Å². The van der Waals surface area contributed by atoms with Crippen molar-refractivity contribution in [3.05, 3.63) is 35.9 Å². The molecule has 0 aliphatic rings. The first kappa shape index (κ1) is 16.2. The van der Waals surface area contributed by atoms with Crippen LogP contribution in [0, 0.1) is 5.41 Å². The number of rotatable bonds is 5. The smallest absolute Gasteiger partial charge is 0.239 e. The van der Waals surface area contributed by atoms with Gasteiger partial charge in [-0.15, -0.1) is 0 Å². The monoisotopic (exact) mass is 277 g/mol. The van der Waals surface area contributed by atoms with Gasteiger partial charge in [0.15, 0.2) is 0 Å². The molecule has 0 aliphatic heterocycles. The average Bonchev–Trinajstić information content (AvgIpc) is 2.41. The van der Waals surface area contributed by atoms with Crippen molar-refractivity contribution in [2.75, 3.05) is 6.54 Å². The molecule has 0 heterocycles. The highest BCUT2D eigenvalue weighted by Crippen LogP contribution is 2.16. The van der Waals surface area contributed by atoms with E-state index in [1.165, 1.54) is 0 Å². The van der Waals surface area contributed by atoms with Crippen LogP contribution in [0.3, 0.4) is 0 Å². The molecule has 1 unspecified atom stereocenters. The third-order valence-electron chi connectivity index (χ3n) is 2.97. The molecule has 0 saturated heterocycles. The first-order valence-electron chi connectivity index (χ1n) is 6.64. The lowest BCUT2D eigenvalue weighted by atomic mass is 9.87. The quantitative estimate of drug-likeness (QED) is 0.744. The van der Waals surface area contributed by atoms with E-state index in [0.717, 1.165) is 5.56 Å². The van der Waals surface area contributed by atoms with Crippen molar-refractivity contribution in [1.29, 1.82) is 0 Å². The minimum absolute atomic E-state index is 0.0601. The zero-order valence-electron chi connectivity index (χ0n) is 12.3. The summed E-state index contributed by atoms with van der Waals surface area (Å²) in [4.78, 5) is 23.4. The normalized spacial score (nSPS) is 12.6. The second kappa shape index (κ2) is 7.05. The molecule has 1 rings (SSSR count). The van der Waals surface area contributed by atoms with Gasteiger partial charge in [-0.3, -0.25) is 9.59 Å². The minimum Gasteiger partial charge on any atom is -0.350 e. The maximum Gasteiger partial charge on any atom is 0.239 e. The van der Waals surface area contributed by atoms with Crippen molar-refractivity contribution < 1.29 is 9.59 Å². The van der Waals surface area contributed by atoms with E-state index in [-0.39, 0.29) is 23.8 Å². The first-order valence-corrected chi connectivity index (χ1v) is 6.64. The summed E-state index contributed by atoms with van der Waals surface area (Å²) in [7, 11) is 0. The Morgan fingerprint density at radius 2 is 1.75 bits per heavy atom. The highest BCUT2D eigenvalue weighted by atomic mass is 16.2. The second-order valence-electron chi connectivity index (χ2n) is 5.82. The van der Waals surface area contributed by atoms with Crippen molar-refractivity contribution in [2.24, 2.45) is 11.1 Å². The molecule has 0 fully saturated rings. The molecule has 2 amide bonds. The highest BCUT2D eigenvalue weighted by molar-refractivity contribution is 5.87. The fraction of sp³-hybridized carbons (Fsp3) is 0.467. The highest BCUT2D eigenvalue weighted by Gasteiger charge is 2.27. The van der Waals surface area contributed by atoms with Gasteiger partial charge in [0, 0.05) is 6.54 Å². The molecule has 1 aromatic rings. The standard InChI is InChI=1S/C15H23N3O2/c1-15(2,3)13(16)14(20)18-10-12(19)17-9-11-7-5-4-6-8-11/h4-8,13H,9-10,16H2,1-3H3,(H,17,19)(H,18,20). The van der Waals surface area contributed by atoms with Gasteiger partial charge in [-0.25, -0.2) is 0 Å². The topological polar surface area (TPSA) is 84.2 Å².